The Hall–Kier alpha value is -4.29. The van der Waals surface area contributed by atoms with Crippen LogP contribution in [0, 0.1) is 0 Å². The number of carboxylic acids is 1. The number of amides is 1. The quantitative estimate of drug-likeness (QED) is 0.409. The van der Waals surface area contributed by atoms with Crippen molar-refractivity contribution in [1.82, 2.24) is 15.1 Å². The smallest absolute Gasteiger partial charge is 0.436 e. The fourth-order valence-electron chi connectivity index (χ4n) is 4.16. The summed E-state index contributed by atoms with van der Waals surface area (Å²) in [6.07, 6.45) is -9.24. The number of aromatic carboxylic acids is 1. The lowest BCUT2D eigenvalue weighted by atomic mass is 10.1. The summed E-state index contributed by atoms with van der Waals surface area (Å²) >= 11 is 0. The summed E-state index contributed by atoms with van der Waals surface area (Å²) in [6.45, 7) is 3.72. The first-order valence-corrected chi connectivity index (χ1v) is 11.2. The summed E-state index contributed by atoms with van der Waals surface area (Å²) in [6, 6.07) is 9.57. The lowest BCUT2D eigenvalue weighted by Crippen LogP contribution is -2.34. The van der Waals surface area contributed by atoms with Crippen LogP contribution in [0.3, 0.4) is 0 Å². The van der Waals surface area contributed by atoms with Crippen molar-refractivity contribution in [2.24, 2.45) is 0 Å². The normalized spacial score (nSPS) is 13.7. The molecule has 13 heteroatoms. The molecule has 0 saturated heterocycles. The number of carbonyl (C=O) groups is 2. The topological polar surface area (TPSA) is 87.5 Å². The van der Waals surface area contributed by atoms with E-state index >= 15 is 0 Å². The minimum Gasteiger partial charge on any atom is -0.478 e. The summed E-state index contributed by atoms with van der Waals surface area (Å²) in [7, 11) is 0. The molecule has 2 N–H and O–H groups in total. The third-order valence-electron chi connectivity index (χ3n) is 5.89. The van der Waals surface area contributed by atoms with Crippen LogP contribution in [-0.2, 0) is 25.4 Å². The largest absolute Gasteiger partial charge is 0.478 e. The molecule has 0 unspecified atom stereocenters. The van der Waals surface area contributed by atoms with Gasteiger partial charge in [0.25, 0.3) is 5.91 Å². The zero-order chi connectivity index (χ0) is 27.8. The molecule has 1 aliphatic heterocycles. The van der Waals surface area contributed by atoms with Crippen LogP contribution >= 0.6 is 0 Å². The van der Waals surface area contributed by atoms with Crippen molar-refractivity contribution in [3.63, 3.8) is 0 Å². The molecule has 0 spiro atoms. The Morgan fingerprint density at radius 1 is 0.974 bits per heavy atom. The molecule has 2 heterocycles. The zero-order valence-corrected chi connectivity index (χ0v) is 19.5. The molecule has 1 aliphatic rings. The van der Waals surface area contributed by atoms with Crippen LogP contribution in [0.2, 0.25) is 0 Å². The number of benzene rings is 2. The SMILES string of the molecule is C=C(NC(=O)c1c(C(F)(F)F)nn2c1N(Cc1cccc(C(F)(F)F)c1)CCC2)c1ccc(C(=O)O)cc1. The number of carboxylic acid groups (broad SMARTS) is 1. The van der Waals surface area contributed by atoms with Gasteiger partial charge in [0, 0.05) is 25.3 Å². The molecule has 1 aromatic heterocycles. The number of fused-ring (bicyclic) bond motifs is 1. The average Bonchev–Trinajstić information content (AvgIpc) is 3.25. The number of aryl methyl sites for hydroxylation is 1. The van der Waals surface area contributed by atoms with Gasteiger partial charge in [0.15, 0.2) is 5.69 Å². The van der Waals surface area contributed by atoms with Gasteiger partial charge in [-0.1, -0.05) is 30.8 Å². The number of hydrogen-bond donors (Lipinski definition) is 2. The maximum Gasteiger partial charge on any atom is 0.436 e. The monoisotopic (exact) mass is 538 g/mol. The maximum atomic E-state index is 13.9. The second-order valence-electron chi connectivity index (χ2n) is 8.56. The van der Waals surface area contributed by atoms with Crippen molar-refractivity contribution in [3.8, 4) is 0 Å². The van der Waals surface area contributed by atoms with Gasteiger partial charge in [-0.2, -0.15) is 31.4 Å². The molecular formula is C25H20F6N4O3. The predicted molar refractivity (Wildman–Crippen MR) is 124 cm³/mol. The molecule has 3 aromatic rings. The number of nitrogens with zero attached hydrogens (tertiary/aromatic N) is 3. The molecule has 7 nitrogen and oxygen atoms in total. The van der Waals surface area contributed by atoms with E-state index in [1.165, 1.54) is 41.3 Å². The fraction of sp³-hybridized carbons (Fsp3) is 0.240. The number of hydrogen-bond acceptors (Lipinski definition) is 4. The Morgan fingerprint density at radius 3 is 2.24 bits per heavy atom. The van der Waals surface area contributed by atoms with Crippen LogP contribution in [0.4, 0.5) is 32.2 Å². The number of aromatic nitrogens is 2. The van der Waals surface area contributed by atoms with E-state index in [1.807, 2.05) is 0 Å². The fourth-order valence-corrected chi connectivity index (χ4v) is 4.16. The van der Waals surface area contributed by atoms with E-state index in [0.717, 1.165) is 16.8 Å². The molecule has 0 atom stereocenters. The van der Waals surface area contributed by atoms with Gasteiger partial charge in [-0.3, -0.25) is 4.79 Å². The first-order chi connectivity index (χ1) is 17.8. The van der Waals surface area contributed by atoms with Crippen molar-refractivity contribution in [1.29, 1.82) is 0 Å². The third kappa shape index (κ3) is 5.50. The van der Waals surface area contributed by atoms with E-state index in [1.54, 1.807) is 0 Å². The first kappa shape index (κ1) is 26.8. The van der Waals surface area contributed by atoms with Gasteiger partial charge in [-0.15, -0.1) is 0 Å². The van der Waals surface area contributed by atoms with Gasteiger partial charge < -0.3 is 15.3 Å². The number of carbonyl (C=O) groups excluding carboxylic acids is 1. The Kier molecular flexibility index (Phi) is 6.96. The number of halogens is 6. The van der Waals surface area contributed by atoms with E-state index in [4.69, 9.17) is 5.11 Å². The van der Waals surface area contributed by atoms with E-state index < -0.39 is 41.0 Å². The van der Waals surface area contributed by atoms with Crippen LogP contribution in [0.25, 0.3) is 5.70 Å². The van der Waals surface area contributed by atoms with Gasteiger partial charge in [-0.25, -0.2) is 9.48 Å². The molecule has 0 bridgehead atoms. The summed E-state index contributed by atoms with van der Waals surface area (Å²) in [4.78, 5) is 25.6. The Morgan fingerprint density at radius 2 is 1.63 bits per heavy atom. The Balaban J connectivity index is 1.69. The second kappa shape index (κ2) is 9.88. The molecule has 0 saturated carbocycles. The highest BCUT2D eigenvalue weighted by Gasteiger charge is 2.43. The standard InChI is InChI=1S/C25H20F6N4O3/c1-14(16-6-8-17(9-7-16)23(37)38)32-21(36)19-20(25(29,30)31)33-35-11-3-10-34(22(19)35)13-15-4-2-5-18(12-15)24(26,27)28/h2,4-9,12H,1,3,10-11,13H2,(H,32,36)(H,37,38). The Labute approximate surface area is 212 Å². The minimum absolute atomic E-state index is 0.0387. The third-order valence-corrected chi connectivity index (χ3v) is 5.89. The van der Waals surface area contributed by atoms with E-state index in [-0.39, 0.29) is 47.8 Å². The summed E-state index contributed by atoms with van der Waals surface area (Å²) < 4.78 is 82.3. The molecule has 38 heavy (non-hydrogen) atoms. The summed E-state index contributed by atoms with van der Waals surface area (Å²) in [5, 5.41) is 15.0. The van der Waals surface area contributed by atoms with Gasteiger partial charge in [0.05, 0.1) is 11.1 Å². The second-order valence-corrected chi connectivity index (χ2v) is 8.56. The number of alkyl halides is 6. The highest BCUT2D eigenvalue weighted by molar-refractivity contribution is 6.04. The van der Waals surface area contributed by atoms with Gasteiger partial charge >= 0.3 is 18.3 Å². The van der Waals surface area contributed by atoms with Crippen molar-refractivity contribution >= 4 is 23.4 Å². The molecule has 0 aliphatic carbocycles. The highest BCUT2D eigenvalue weighted by atomic mass is 19.4. The number of nitrogens with one attached hydrogen (secondary N) is 1. The van der Waals surface area contributed by atoms with E-state index in [2.05, 4.69) is 17.0 Å². The predicted octanol–water partition coefficient (Wildman–Crippen LogP) is 5.43. The van der Waals surface area contributed by atoms with Crippen LogP contribution < -0.4 is 10.2 Å². The molecule has 200 valence electrons. The number of rotatable bonds is 6. The van der Waals surface area contributed by atoms with Crippen molar-refractivity contribution in [3.05, 3.63) is 88.6 Å². The zero-order valence-electron chi connectivity index (χ0n) is 19.5. The lowest BCUT2D eigenvalue weighted by molar-refractivity contribution is -0.142. The van der Waals surface area contributed by atoms with Crippen molar-refractivity contribution < 1.29 is 41.0 Å². The van der Waals surface area contributed by atoms with Gasteiger partial charge in [0.2, 0.25) is 0 Å². The summed E-state index contributed by atoms with van der Waals surface area (Å²) in [5.41, 5.74) is -2.79. The van der Waals surface area contributed by atoms with Crippen LogP contribution in [0.1, 0.15) is 49.5 Å². The van der Waals surface area contributed by atoms with Crippen molar-refractivity contribution in [2.75, 3.05) is 11.4 Å². The average molecular weight is 538 g/mol. The van der Waals surface area contributed by atoms with Crippen LogP contribution in [0.15, 0.2) is 55.1 Å². The molecule has 0 fully saturated rings. The molecule has 2 aromatic carbocycles. The molecule has 4 rings (SSSR count). The van der Waals surface area contributed by atoms with E-state index in [0.29, 0.717) is 6.42 Å². The molecule has 1 amide bonds. The lowest BCUT2D eigenvalue weighted by Gasteiger charge is -2.30. The molecule has 0 radical (unpaired) electrons. The van der Waals surface area contributed by atoms with E-state index in [9.17, 15) is 35.9 Å². The van der Waals surface area contributed by atoms with Gasteiger partial charge in [-0.05, 0) is 41.8 Å². The highest BCUT2D eigenvalue weighted by Crippen LogP contribution is 2.38. The number of anilines is 1. The van der Waals surface area contributed by atoms with Crippen molar-refractivity contribution in [2.45, 2.75) is 31.9 Å². The maximum absolute atomic E-state index is 13.9. The Bertz CT molecular complexity index is 1390. The molecular weight excluding hydrogens is 518 g/mol. The van der Waals surface area contributed by atoms with Gasteiger partial charge in [0.1, 0.15) is 11.4 Å². The van der Waals surface area contributed by atoms with Crippen LogP contribution in [0.5, 0.6) is 0 Å². The van der Waals surface area contributed by atoms with Crippen LogP contribution in [-0.4, -0.2) is 33.3 Å². The minimum atomic E-state index is -5.00. The summed E-state index contributed by atoms with van der Waals surface area (Å²) in [5.74, 6) is -2.53. The first-order valence-electron chi connectivity index (χ1n) is 11.2.